The second-order valence-electron chi connectivity index (χ2n) is 7.33. The van der Waals surface area contributed by atoms with Gasteiger partial charge in [0.1, 0.15) is 17.4 Å². The average molecular weight is 419 g/mol. The maximum absolute atomic E-state index is 12.6. The fraction of sp³-hybridized carbons (Fsp3) is 0.524. The molecule has 2 aromatic rings. The molecule has 1 aliphatic heterocycles. The highest BCUT2D eigenvalue weighted by Crippen LogP contribution is 2.19. The highest BCUT2D eigenvalue weighted by atomic mass is 32.2. The summed E-state index contributed by atoms with van der Waals surface area (Å²) in [7, 11) is -3.65. The van der Waals surface area contributed by atoms with E-state index in [1.807, 2.05) is 13.0 Å². The standard InChI is InChI=1S/C21H30N4O3S/c1-3-4-14-28-18-8-10-19(11-9-18)29(26,27)22-16-20-23-17(2)15-21(24-20)25-12-6-5-7-13-25/h8-11,15,22H,3-7,12-14,16H2,1-2H3. The van der Waals surface area contributed by atoms with Gasteiger partial charge < -0.3 is 9.64 Å². The smallest absolute Gasteiger partial charge is 0.240 e. The summed E-state index contributed by atoms with van der Waals surface area (Å²) in [6, 6.07) is 8.43. The van der Waals surface area contributed by atoms with Gasteiger partial charge in [-0.3, -0.25) is 0 Å². The van der Waals surface area contributed by atoms with E-state index in [1.54, 1.807) is 24.3 Å². The number of aromatic nitrogens is 2. The monoisotopic (exact) mass is 418 g/mol. The van der Waals surface area contributed by atoms with Gasteiger partial charge in [-0.05, 0) is 56.9 Å². The minimum atomic E-state index is -3.65. The third kappa shape index (κ3) is 6.14. The molecule has 2 heterocycles. The number of hydrogen-bond donors (Lipinski definition) is 1. The molecular weight excluding hydrogens is 388 g/mol. The first-order chi connectivity index (χ1) is 14.0. The minimum Gasteiger partial charge on any atom is -0.494 e. The largest absolute Gasteiger partial charge is 0.494 e. The molecular formula is C21H30N4O3S. The van der Waals surface area contributed by atoms with E-state index in [-0.39, 0.29) is 11.4 Å². The van der Waals surface area contributed by atoms with Crippen LogP contribution in [0, 0.1) is 6.92 Å². The summed E-state index contributed by atoms with van der Waals surface area (Å²) in [5, 5.41) is 0. The molecule has 0 amide bonds. The Morgan fingerprint density at radius 1 is 1.10 bits per heavy atom. The van der Waals surface area contributed by atoms with Crippen LogP contribution in [0.25, 0.3) is 0 Å². The number of nitrogens with one attached hydrogen (secondary N) is 1. The summed E-state index contributed by atoms with van der Waals surface area (Å²) < 4.78 is 33.5. The lowest BCUT2D eigenvalue weighted by Gasteiger charge is -2.28. The molecule has 7 nitrogen and oxygen atoms in total. The van der Waals surface area contributed by atoms with Crippen molar-refractivity contribution in [2.24, 2.45) is 0 Å². The number of benzene rings is 1. The van der Waals surface area contributed by atoms with E-state index in [2.05, 4.69) is 26.5 Å². The Bertz CT molecular complexity index is 895. The van der Waals surface area contributed by atoms with Crippen molar-refractivity contribution in [3.63, 3.8) is 0 Å². The highest BCUT2D eigenvalue weighted by Gasteiger charge is 2.17. The molecule has 1 fully saturated rings. The van der Waals surface area contributed by atoms with Crippen LogP contribution in [-0.2, 0) is 16.6 Å². The summed E-state index contributed by atoms with van der Waals surface area (Å²) in [4.78, 5) is 11.4. The maximum atomic E-state index is 12.6. The molecule has 1 saturated heterocycles. The van der Waals surface area contributed by atoms with Crippen LogP contribution in [-0.4, -0.2) is 38.1 Å². The van der Waals surface area contributed by atoms with Crippen molar-refractivity contribution in [2.75, 3.05) is 24.6 Å². The number of sulfonamides is 1. The number of aryl methyl sites for hydroxylation is 1. The fourth-order valence-electron chi connectivity index (χ4n) is 3.27. The summed E-state index contributed by atoms with van der Waals surface area (Å²) in [6.45, 7) is 6.65. The zero-order valence-corrected chi connectivity index (χ0v) is 18.0. The molecule has 0 atom stereocenters. The molecule has 1 aromatic carbocycles. The zero-order valence-electron chi connectivity index (χ0n) is 17.2. The Morgan fingerprint density at radius 2 is 1.83 bits per heavy atom. The molecule has 1 aliphatic rings. The molecule has 29 heavy (non-hydrogen) atoms. The van der Waals surface area contributed by atoms with Gasteiger partial charge in [-0.1, -0.05) is 13.3 Å². The van der Waals surface area contributed by atoms with Crippen molar-refractivity contribution >= 4 is 15.8 Å². The highest BCUT2D eigenvalue weighted by molar-refractivity contribution is 7.89. The van der Waals surface area contributed by atoms with E-state index >= 15 is 0 Å². The quantitative estimate of drug-likeness (QED) is 0.628. The molecule has 0 unspecified atom stereocenters. The lowest BCUT2D eigenvalue weighted by atomic mass is 10.1. The number of nitrogens with zero attached hydrogens (tertiary/aromatic N) is 3. The normalized spacial score (nSPS) is 14.8. The molecule has 0 aliphatic carbocycles. The molecule has 1 aromatic heterocycles. The van der Waals surface area contributed by atoms with Crippen molar-refractivity contribution in [1.82, 2.24) is 14.7 Å². The average Bonchev–Trinajstić information content (AvgIpc) is 2.73. The molecule has 0 saturated carbocycles. The number of anilines is 1. The van der Waals surface area contributed by atoms with Crippen molar-refractivity contribution in [3.8, 4) is 5.75 Å². The van der Waals surface area contributed by atoms with E-state index in [4.69, 9.17) is 4.74 Å². The third-order valence-corrected chi connectivity index (χ3v) is 6.31. The Balaban J connectivity index is 1.64. The van der Waals surface area contributed by atoms with Crippen LogP contribution in [0.1, 0.15) is 50.5 Å². The van der Waals surface area contributed by atoms with Crippen molar-refractivity contribution in [2.45, 2.75) is 57.4 Å². The summed E-state index contributed by atoms with van der Waals surface area (Å²) in [6.07, 6.45) is 5.58. The van der Waals surface area contributed by atoms with Crippen LogP contribution >= 0.6 is 0 Å². The van der Waals surface area contributed by atoms with Crippen LogP contribution in [0.2, 0.25) is 0 Å². The van der Waals surface area contributed by atoms with E-state index in [9.17, 15) is 8.42 Å². The zero-order chi connectivity index (χ0) is 20.7. The van der Waals surface area contributed by atoms with E-state index in [0.717, 1.165) is 50.3 Å². The van der Waals surface area contributed by atoms with Crippen molar-refractivity contribution in [1.29, 1.82) is 0 Å². The predicted molar refractivity (Wildman–Crippen MR) is 114 cm³/mol. The van der Waals surface area contributed by atoms with Crippen molar-refractivity contribution < 1.29 is 13.2 Å². The van der Waals surface area contributed by atoms with Gasteiger partial charge in [0.15, 0.2) is 0 Å². The number of unbranched alkanes of at least 4 members (excludes halogenated alkanes) is 1. The minimum absolute atomic E-state index is 0.0552. The van der Waals surface area contributed by atoms with Gasteiger partial charge in [-0.25, -0.2) is 23.1 Å². The topological polar surface area (TPSA) is 84.4 Å². The lowest BCUT2D eigenvalue weighted by Crippen LogP contribution is -2.31. The van der Waals surface area contributed by atoms with Gasteiger partial charge in [-0.2, -0.15) is 0 Å². The Kier molecular flexibility index (Phi) is 7.44. The van der Waals surface area contributed by atoms with E-state index in [0.29, 0.717) is 18.2 Å². The van der Waals surface area contributed by atoms with Crippen molar-refractivity contribution in [3.05, 3.63) is 41.9 Å². The van der Waals surface area contributed by atoms with Crippen LogP contribution in [0.3, 0.4) is 0 Å². The van der Waals surface area contributed by atoms with Gasteiger partial charge in [-0.15, -0.1) is 0 Å². The van der Waals surface area contributed by atoms with Crippen LogP contribution in [0.5, 0.6) is 5.75 Å². The van der Waals surface area contributed by atoms with E-state index in [1.165, 1.54) is 6.42 Å². The molecule has 0 bridgehead atoms. The number of ether oxygens (including phenoxy) is 1. The summed E-state index contributed by atoms with van der Waals surface area (Å²) >= 11 is 0. The third-order valence-electron chi connectivity index (χ3n) is 4.89. The molecule has 1 N–H and O–H groups in total. The SMILES string of the molecule is CCCCOc1ccc(S(=O)(=O)NCc2nc(C)cc(N3CCCCC3)n2)cc1. The van der Waals surface area contributed by atoms with Crippen LogP contribution in [0.15, 0.2) is 35.2 Å². The summed E-state index contributed by atoms with van der Waals surface area (Å²) in [5.74, 6) is 2.03. The lowest BCUT2D eigenvalue weighted by molar-refractivity contribution is 0.309. The van der Waals surface area contributed by atoms with Gasteiger partial charge in [0.05, 0.1) is 18.0 Å². The Morgan fingerprint density at radius 3 is 2.52 bits per heavy atom. The number of hydrogen-bond acceptors (Lipinski definition) is 6. The second kappa shape index (κ2) is 10.0. The number of piperidine rings is 1. The first-order valence-electron chi connectivity index (χ1n) is 10.3. The van der Waals surface area contributed by atoms with Crippen LogP contribution in [0.4, 0.5) is 5.82 Å². The molecule has 8 heteroatoms. The maximum Gasteiger partial charge on any atom is 0.240 e. The fourth-order valence-corrected chi connectivity index (χ4v) is 4.25. The van der Waals surface area contributed by atoms with Gasteiger partial charge in [0.2, 0.25) is 10.0 Å². The number of rotatable bonds is 9. The molecule has 3 rings (SSSR count). The van der Waals surface area contributed by atoms with Crippen LogP contribution < -0.4 is 14.4 Å². The second-order valence-corrected chi connectivity index (χ2v) is 9.10. The predicted octanol–water partition coefficient (Wildman–Crippen LogP) is 3.43. The molecule has 0 spiro atoms. The Labute approximate surface area is 173 Å². The van der Waals surface area contributed by atoms with Gasteiger partial charge in [0.25, 0.3) is 0 Å². The van der Waals surface area contributed by atoms with Gasteiger partial charge >= 0.3 is 0 Å². The van der Waals surface area contributed by atoms with E-state index < -0.39 is 10.0 Å². The Hall–Kier alpha value is -2.19. The van der Waals surface area contributed by atoms with Gasteiger partial charge in [0, 0.05) is 24.8 Å². The first-order valence-corrected chi connectivity index (χ1v) is 11.8. The first kappa shape index (κ1) is 21.5. The molecule has 158 valence electrons. The molecule has 0 radical (unpaired) electrons. The summed E-state index contributed by atoms with van der Waals surface area (Å²) in [5.41, 5.74) is 0.836.